The van der Waals surface area contributed by atoms with E-state index in [0.717, 1.165) is 11.1 Å². The number of benzene rings is 2. The average Bonchev–Trinajstić information content (AvgIpc) is 2.77. The van der Waals surface area contributed by atoms with E-state index in [1.165, 1.54) is 6.92 Å². The van der Waals surface area contributed by atoms with Crippen LogP contribution in [0.4, 0.5) is 9.59 Å². The first-order valence-corrected chi connectivity index (χ1v) is 10.9. The maximum Gasteiger partial charge on any atom is 0.408 e. The number of urea groups is 1. The summed E-state index contributed by atoms with van der Waals surface area (Å²) >= 11 is 0. The van der Waals surface area contributed by atoms with Crippen LogP contribution < -0.4 is 16.0 Å². The number of esters is 1. The minimum absolute atomic E-state index is 0.0292. The molecule has 0 fully saturated rings. The van der Waals surface area contributed by atoms with E-state index in [-0.39, 0.29) is 13.0 Å². The number of hydrogen-bond acceptors (Lipinski definition) is 6. The fourth-order valence-corrected chi connectivity index (χ4v) is 2.85. The zero-order valence-corrected chi connectivity index (χ0v) is 19.8. The SMILES string of the molecule is CC(OC(=O)[C@H](Cc1ccccc1)NC(=O)OCc1ccccc1)C(=O)NC(=O)NC(C)(C)C. The molecule has 9 heteroatoms. The molecule has 2 aromatic carbocycles. The highest BCUT2D eigenvalue weighted by Crippen LogP contribution is 2.08. The molecule has 0 aliphatic carbocycles. The van der Waals surface area contributed by atoms with Gasteiger partial charge < -0.3 is 20.1 Å². The summed E-state index contributed by atoms with van der Waals surface area (Å²) in [5.74, 6) is -1.63. The molecule has 9 nitrogen and oxygen atoms in total. The van der Waals surface area contributed by atoms with Crippen LogP contribution in [0.5, 0.6) is 0 Å². The Hall–Kier alpha value is -3.88. The number of ether oxygens (including phenoxy) is 2. The number of carbonyl (C=O) groups excluding carboxylic acids is 4. The van der Waals surface area contributed by atoms with E-state index in [1.54, 1.807) is 57.2 Å². The lowest BCUT2D eigenvalue weighted by Crippen LogP contribution is -2.51. The largest absolute Gasteiger partial charge is 0.451 e. The summed E-state index contributed by atoms with van der Waals surface area (Å²) in [7, 11) is 0. The third-order valence-electron chi connectivity index (χ3n) is 4.46. The van der Waals surface area contributed by atoms with Gasteiger partial charge in [-0.1, -0.05) is 60.7 Å². The van der Waals surface area contributed by atoms with E-state index in [9.17, 15) is 19.2 Å². The summed E-state index contributed by atoms with van der Waals surface area (Å²) in [6, 6.07) is 16.3. The van der Waals surface area contributed by atoms with Gasteiger partial charge >= 0.3 is 18.1 Å². The number of hydrogen-bond donors (Lipinski definition) is 3. The Balaban J connectivity index is 1.99. The summed E-state index contributed by atoms with van der Waals surface area (Å²) < 4.78 is 10.4. The minimum Gasteiger partial charge on any atom is -0.451 e. The number of nitrogens with one attached hydrogen (secondary N) is 3. The molecule has 2 rings (SSSR count). The standard InChI is InChI=1S/C25H31N3O6/c1-17(21(29)27-23(31)28-25(2,3)4)34-22(30)20(15-18-11-7-5-8-12-18)26-24(32)33-16-19-13-9-6-10-14-19/h5-14,17,20H,15-16H2,1-4H3,(H,26,32)(H2,27,28,29,31)/t17?,20-/m0/s1. The smallest absolute Gasteiger partial charge is 0.408 e. The molecular formula is C25H31N3O6. The second-order valence-electron chi connectivity index (χ2n) is 8.72. The molecule has 0 bridgehead atoms. The molecule has 182 valence electrons. The minimum atomic E-state index is -1.27. The van der Waals surface area contributed by atoms with Gasteiger partial charge in [-0.2, -0.15) is 0 Å². The third-order valence-corrected chi connectivity index (χ3v) is 4.46. The molecule has 0 spiro atoms. The van der Waals surface area contributed by atoms with Crippen LogP contribution in [0.25, 0.3) is 0 Å². The fourth-order valence-electron chi connectivity index (χ4n) is 2.85. The van der Waals surface area contributed by atoms with Gasteiger partial charge in [0.05, 0.1) is 0 Å². The van der Waals surface area contributed by atoms with Crippen LogP contribution in [0.3, 0.4) is 0 Å². The van der Waals surface area contributed by atoms with Crippen molar-refractivity contribution >= 4 is 24.0 Å². The Morgan fingerprint density at radius 3 is 2.00 bits per heavy atom. The van der Waals surface area contributed by atoms with Gasteiger partial charge in [0, 0.05) is 12.0 Å². The molecule has 2 atom stereocenters. The van der Waals surface area contributed by atoms with Gasteiger partial charge in [-0.05, 0) is 38.8 Å². The predicted octanol–water partition coefficient (Wildman–Crippen LogP) is 3.08. The van der Waals surface area contributed by atoms with Crippen molar-refractivity contribution in [1.82, 2.24) is 16.0 Å². The van der Waals surface area contributed by atoms with Gasteiger partial charge in [-0.3, -0.25) is 10.1 Å². The first-order chi connectivity index (χ1) is 16.0. The van der Waals surface area contributed by atoms with Crippen LogP contribution in [0.15, 0.2) is 60.7 Å². The fraction of sp³-hybridized carbons (Fsp3) is 0.360. The maximum atomic E-state index is 12.8. The summed E-state index contributed by atoms with van der Waals surface area (Å²) in [6.45, 7) is 6.65. The van der Waals surface area contributed by atoms with Gasteiger partial charge in [0.15, 0.2) is 6.10 Å². The van der Waals surface area contributed by atoms with Crippen LogP contribution in [0.1, 0.15) is 38.8 Å². The summed E-state index contributed by atoms with van der Waals surface area (Å²) in [5, 5.41) is 7.22. The molecule has 2 aromatic rings. The predicted molar refractivity (Wildman–Crippen MR) is 126 cm³/mol. The molecular weight excluding hydrogens is 438 g/mol. The van der Waals surface area contributed by atoms with Crippen LogP contribution >= 0.6 is 0 Å². The van der Waals surface area contributed by atoms with E-state index >= 15 is 0 Å². The Morgan fingerprint density at radius 2 is 1.44 bits per heavy atom. The number of imide groups is 1. The van der Waals surface area contributed by atoms with Crippen LogP contribution in [-0.2, 0) is 32.1 Å². The first-order valence-electron chi connectivity index (χ1n) is 10.9. The number of rotatable bonds is 8. The molecule has 0 saturated carbocycles. The molecule has 0 radical (unpaired) electrons. The monoisotopic (exact) mass is 469 g/mol. The number of alkyl carbamates (subject to hydrolysis) is 1. The average molecular weight is 470 g/mol. The maximum absolute atomic E-state index is 12.8. The van der Waals surface area contributed by atoms with E-state index in [0.29, 0.717) is 0 Å². The van der Waals surface area contributed by atoms with Crippen molar-refractivity contribution in [2.45, 2.75) is 58.4 Å². The second kappa shape index (κ2) is 12.4. The van der Waals surface area contributed by atoms with Crippen LogP contribution in [-0.4, -0.2) is 41.7 Å². The van der Waals surface area contributed by atoms with Crippen molar-refractivity contribution in [3.8, 4) is 0 Å². The third kappa shape index (κ3) is 9.72. The molecule has 0 aliphatic rings. The van der Waals surface area contributed by atoms with Crippen molar-refractivity contribution < 1.29 is 28.7 Å². The number of carbonyl (C=O) groups is 4. The normalized spacial score (nSPS) is 12.6. The quantitative estimate of drug-likeness (QED) is 0.511. The Morgan fingerprint density at radius 1 is 0.882 bits per heavy atom. The zero-order chi connectivity index (χ0) is 25.1. The van der Waals surface area contributed by atoms with Crippen molar-refractivity contribution in [2.75, 3.05) is 0 Å². The lowest BCUT2D eigenvalue weighted by atomic mass is 10.1. The molecule has 0 saturated heterocycles. The topological polar surface area (TPSA) is 123 Å². The van der Waals surface area contributed by atoms with E-state index in [2.05, 4.69) is 16.0 Å². The molecule has 4 amide bonds. The van der Waals surface area contributed by atoms with Crippen molar-refractivity contribution in [3.05, 3.63) is 71.8 Å². The van der Waals surface area contributed by atoms with Crippen LogP contribution in [0, 0.1) is 0 Å². The van der Waals surface area contributed by atoms with Crippen molar-refractivity contribution in [2.24, 2.45) is 0 Å². The second-order valence-corrected chi connectivity index (χ2v) is 8.72. The Kier molecular flexibility index (Phi) is 9.61. The summed E-state index contributed by atoms with van der Waals surface area (Å²) in [4.78, 5) is 49.3. The van der Waals surface area contributed by atoms with Gasteiger partial charge in [0.25, 0.3) is 5.91 Å². The molecule has 0 aliphatic heterocycles. The Bertz CT molecular complexity index is 973. The van der Waals surface area contributed by atoms with Crippen molar-refractivity contribution in [3.63, 3.8) is 0 Å². The lowest BCUT2D eigenvalue weighted by molar-refractivity contribution is -0.156. The highest BCUT2D eigenvalue weighted by atomic mass is 16.6. The molecule has 34 heavy (non-hydrogen) atoms. The van der Waals surface area contributed by atoms with E-state index in [1.807, 2.05) is 24.3 Å². The van der Waals surface area contributed by atoms with Crippen molar-refractivity contribution in [1.29, 1.82) is 0 Å². The summed E-state index contributed by atoms with van der Waals surface area (Å²) in [5.41, 5.74) is 1.02. The van der Waals surface area contributed by atoms with E-state index in [4.69, 9.17) is 9.47 Å². The summed E-state index contributed by atoms with van der Waals surface area (Å²) in [6.07, 6.45) is -1.94. The van der Waals surface area contributed by atoms with Gasteiger partial charge in [-0.25, -0.2) is 14.4 Å². The highest BCUT2D eigenvalue weighted by molar-refractivity contribution is 5.97. The Labute approximate surface area is 199 Å². The molecule has 0 aromatic heterocycles. The van der Waals surface area contributed by atoms with Gasteiger partial charge in [0.2, 0.25) is 0 Å². The molecule has 1 unspecified atom stereocenters. The number of amides is 4. The molecule has 3 N–H and O–H groups in total. The van der Waals surface area contributed by atoms with Crippen LogP contribution in [0.2, 0.25) is 0 Å². The van der Waals surface area contributed by atoms with Gasteiger partial charge in [0.1, 0.15) is 12.6 Å². The first kappa shape index (κ1) is 26.4. The highest BCUT2D eigenvalue weighted by Gasteiger charge is 2.28. The van der Waals surface area contributed by atoms with Gasteiger partial charge in [-0.15, -0.1) is 0 Å². The lowest BCUT2D eigenvalue weighted by Gasteiger charge is -2.22. The molecule has 0 heterocycles. The zero-order valence-electron chi connectivity index (χ0n) is 19.8. The van der Waals surface area contributed by atoms with E-state index < -0.39 is 41.7 Å².